The molecule has 0 radical (unpaired) electrons. The average molecular weight is 695 g/mol. The lowest BCUT2D eigenvalue weighted by molar-refractivity contribution is 0.0705. The number of allylic oxidation sites excluding steroid dienone is 1. The van der Waals surface area contributed by atoms with Crippen LogP contribution in [0.1, 0.15) is 146 Å². The molecular formula is C47H70N2O2. The van der Waals surface area contributed by atoms with Crippen molar-refractivity contribution in [2.75, 3.05) is 52.5 Å². The highest BCUT2D eigenvalue weighted by atomic mass is 16.5. The summed E-state index contributed by atoms with van der Waals surface area (Å²) in [6, 6.07) is 18.3. The second-order valence-electron chi connectivity index (χ2n) is 17.2. The summed E-state index contributed by atoms with van der Waals surface area (Å²) in [6.45, 7) is 9.50. The highest BCUT2D eigenvalue weighted by Crippen LogP contribution is 2.58. The maximum absolute atomic E-state index is 6.27. The van der Waals surface area contributed by atoms with Crippen molar-refractivity contribution < 1.29 is 9.47 Å². The Kier molecular flexibility index (Phi) is 14.3. The predicted molar refractivity (Wildman–Crippen MR) is 214 cm³/mol. The van der Waals surface area contributed by atoms with Gasteiger partial charge in [0.05, 0.1) is 13.2 Å². The number of nitrogens with zero attached hydrogens (tertiary/aromatic N) is 2. The molecule has 4 bridgehead atoms. The topological polar surface area (TPSA) is 24.9 Å². The number of rotatable bonds is 18. The molecule has 2 aromatic carbocycles. The van der Waals surface area contributed by atoms with E-state index in [1.165, 1.54) is 178 Å². The zero-order valence-electron chi connectivity index (χ0n) is 32.1. The van der Waals surface area contributed by atoms with Crippen LogP contribution in [-0.4, -0.2) is 62.3 Å². The van der Waals surface area contributed by atoms with Crippen molar-refractivity contribution >= 4 is 5.57 Å². The number of hydrogen-bond donors (Lipinski definition) is 0. The normalized spacial score (nSPS) is 25.5. The van der Waals surface area contributed by atoms with Crippen LogP contribution in [0.5, 0.6) is 11.5 Å². The SMILES string of the molecule is c1cc(C(c2ccc(OCCCCCCN3CCCCCC3)cc2)=C2C3C[C@H]4C[C@@H](C3)C[C@H]2C4)ccc1OCCCCCCN1CCCCCC1. The van der Waals surface area contributed by atoms with Crippen molar-refractivity contribution in [2.45, 2.75) is 135 Å². The Balaban J connectivity index is 0.901. The Hall–Kier alpha value is -2.30. The molecule has 0 atom stereocenters. The summed E-state index contributed by atoms with van der Waals surface area (Å²) in [7, 11) is 0. The molecule has 2 aliphatic heterocycles. The smallest absolute Gasteiger partial charge is 0.119 e. The minimum absolute atomic E-state index is 0.766. The molecule has 4 saturated carbocycles. The van der Waals surface area contributed by atoms with Gasteiger partial charge in [0.15, 0.2) is 0 Å². The fourth-order valence-electron chi connectivity index (χ4n) is 10.7. The van der Waals surface area contributed by atoms with Gasteiger partial charge in [0.25, 0.3) is 0 Å². The Bertz CT molecular complexity index is 1210. The van der Waals surface area contributed by atoms with Crippen LogP contribution in [0.2, 0.25) is 0 Å². The van der Waals surface area contributed by atoms with E-state index in [0.29, 0.717) is 0 Å². The molecule has 8 rings (SSSR count). The third kappa shape index (κ3) is 10.9. The summed E-state index contributed by atoms with van der Waals surface area (Å²) in [5.74, 6) is 5.50. The van der Waals surface area contributed by atoms with Gasteiger partial charge in [0, 0.05) is 0 Å². The molecule has 2 aromatic rings. The van der Waals surface area contributed by atoms with Crippen LogP contribution in [0.25, 0.3) is 5.57 Å². The molecule has 280 valence electrons. The van der Waals surface area contributed by atoms with Crippen LogP contribution in [-0.2, 0) is 0 Å². The van der Waals surface area contributed by atoms with Crippen LogP contribution in [0.3, 0.4) is 0 Å². The summed E-state index contributed by atoms with van der Waals surface area (Å²) in [4.78, 5) is 5.39. The molecular weight excluding hydrogens is 625 g/mol. The van der Waals surface area contributed by atoms with Gasteiger partial charge in [0.1, 0.15) is 11.5 Å². The zero-order chi connectivity index (χ0) is 34.5. The Morgan fingerprint density at radius 2 is 0.843 bits per heavy atom. The quantitative estimate of drug-likeness (QED) is 0.145. The van der Waals surface area contributed by atoms with E-state index in [0.717, 1.165) is 61.2 Å². The zero-order valence-corrected chi connectivity index (χ0v) is 32.1. The van der Waals surface area contributed by atoms with Crippen molar-refractivity contribution in [3.05, 3.63) is 65.2 Å². The summed E-state index contributed by atoms with van der Waals surface area (Å²) < 4.78 is 12.5. The monoisotopic (exact) mass is 695 g/mol. The molecule has 0 aromatic heterocycles. The Labute approximate surface area is 311 Å². The maximum atomic E-state index is 6.27. The summed E-state index contributed by atoms with van der Waals surface area (Å²) in [5, 5.41) is 0. The van der Waals surface area contributed by atoms with Crippen molar-refractivity contribution in [1.29, 1.82) is 0 Å². The molecule has 0 N–H and O–H groups in total. The molecule has 4 nitrogen and oxygen atoms in total. The lowest BCUT2D eigenvalue weighted by atomic mass is 9.53. The largest absolute Gasteiger partial charge is 0.494 e. The minimum Gasteiger partial charge on any atom is -0.494 e. The summed E-state index contributed by atoms with van der Waals surface area (Å²) in [5.41, 5.74) is 6.01. The van der Waals surface area contributed by atoms with E-state index in [9.17, 15) is 0 Å². The lowest BCUT2D eigenvalue weighted by Crippen LogP contribution is -2.40. The van der Waals surface area contributed by atoms with E-state index in [1.807, 2.05) is 0 Å². The van der Waals surface area contributed by atoms with Gasteiger partial charge in [-0.1, -0.05) is 81.2 Å². The molecule has 0 spiro atoms. The average Bonchev–Trinajstić information content (AvgIpc) is 3.58. The van der Waals surface area contributed by atoms with E-state index in [-0.39, 0.29) is 0 Å². The third-order valence-electron chi connectivity index (χ3n) is 13.3. The molecule has 2 saturated heterocycles. The van der Waals surface area contributed by atoms with E-state index >= 15 is 0 Å². The van der Waals surface area contributed by atoms with Gasteiger partial charge in [-0.2, -0.15) is 0 Å². The molecule has 4 aliphatic carbocycles. The van der Waals surface area contributed by atoms with Crippen molar-refractivity contribution in [2.24, 2.45) is 23.7 Å². The number of ether oxygens (including phenoxy) is 2. The van der Waals surface area contributed by atoms with Crippen LogP contribution in [0.15, 0.2) is 54.1 Å². The molecule has 2 heterocycles. The van der Waals surface area contributed by atoms with E-state index < -0.39 is 0 Å². The van der Waals surface area contributed by atoms with Crippen LogP contribution in [0.4, 0.5) is 0 Å². The van der Waals surface area contributed by atoms with Crippen molar-refractivity contribution in [3.63, 3.8) is 0 Å². The van der Waals surface area contributed by atoms with Crippen molar-refractivity contribution in [1.82, 2.24) is 9.80 Å². The van der Waals surface area contributed by atoms with Crippen LogP contribution in [0, 0.1) is 23.7 Å². The van der Waals surface area contributed by atoms with Gasteiger partial charge in [-0.15, -0.1) is 0 Å². The lowest BCUT2D eigenvalue weighted by Gasteiger charge is -2.52. The van der Waals surface area contributed by atoms with Gasteiger partial charge >= 0.3 is 0 Å². The summed E-state index contributed by atoms with van der Waals surface area (Å²) >= 11 is 0. The molecule has 6 fully saturated rings. The van der Waals surface area contributed by atoms with E-state index in [1.54, 1.807) is 5.57 Å². The maximum Gasteiger partial charge on any atom is 0.119 e. The third-order valence-corrected chi connectivity index (χ3v) is 13.3. The first-order valence-corrected chi connectivity index (χ1v) is 21.9. The fourth-order valence-corrected chi connectivity index (χ4v) is 10.7. The molecule has 51 heavy (non-hydrogen) atoms. The standard InChI is InChI=1S/C47H70N2O2/c1-2-10-26-48(25-9-1)29-13-5-7-15-31-50-44-21-17-40(18-22-44)46(47-42-34-38-33-39(36-42)37-43(47)35-38)41-19-23-45(24-20-41)51-32-16-8-6-14-30-49-27-11-3-4-12-28-49/h17-24,38-39,42-43H,1-16,25-37H2/t38-,39+,42+,43?. The number of unbranched alkanes of at least 4 members (excludes halogenated alkanes) is 6. The van der Waals surface area contributed by atoms with Crippen molar-refractivity contribution in [3.8, 4) is 11.5 Å². The van der Waals surface area contributed by atoms with Gasteiger partial charge < -0.3 is 19.3 Å². The second-order valence-corrected chi connectivity index (χ2v) is 17.2. The van der Waals surface area contributed by atoms with Gasteiger partial charge in [-0.05, 0) is 187 Å². The van der Waals surface area contributed by atoms with Gasteiger partial charge in [0.2, 0.25) is 0 Å². The second kappa shape index (κ2) is 19.7. The highest BCUT2D eigenvalue weighted by molar-refractivity contribution is 5.83. The first-order chi connectivity index (χ1) is 25.3. The van der Waals surface area contributed by atoms with Crippen LogP contribution >= 0.6 is 0 Å². The van der Waals surface area contributed by atoms with Gasteiger partial charge in [-0.3, -0.25) is 0 Å². The van der Waals surface area contributed by atoms with Crippen LogP contribution < -0.4 is 9.47 Å². The highest BCUT2D eigenvalue weighted by Gasteiger charge is 2.46. The minimum atomic E-state index is 0.766. The first-order valence-electron chi connectivity index (χ1n) is 21.9. The van der Waals surface area contributed by atoms with Gasteiger partial charge in [-0.25, -0.2) is 0 Å². The predicted octanol–water partition coefficient (Wildman–Crippen LogP) is 11.6. The summed E-state index contributed by atoms with van der Waals surface area (Å²) in [6.07, 6.45) is 28.6. The Morgan fingerprint density at radius 1 is 0.451 bits per heavy atom. The van der Waals surface area contributed by atoms with E-state index in [2.05, 4.69) is 58.3 Å². The number of likely N-dealkylation sites (tertiary alicyclic amines) is 2. The molecule has 6 aliphatic rings. The molecule has 0 amide bonds. The first kappa shape index (κ1) is 37.0. The molecule has 4 heteroatoms. The van der Waals surface area contributed by atoms with E-state index in [4.69, 9.17) is 9.47 Å². The number of hydrogen-bond acceptors (Lipinski definition) is 4. The Morgan fingerprint density at radius 3 is 1.25 bits per heavy atom. The number of benzene rings is 2. The molecule has 0 unspecified atom stereocenters. The fraction of sp³-hybridized carbons (Fsp3) is 0.702.